The molecule has 1 rings (SSSR count). The molecular formula is C12H13NO3. The van der Waals surface area contributed by atoms with Crippen LogP contribution in [-0.2, 0) is 9.59 Å². The second kappa shape index (κ2) is 5.11. The number of carboxylic acid groups (broad SMARTS) is 1. The van der Waals surface area contributed by atoms with E-state index in [0.717, 1.165) is 23.3 Å². The number of hydrogen-bond acceptors (Lipinski definition) is 2. The molecule has 0 bridgehead atoms. The summed E-state index contributed by atoms with van der Waals surface area (Å²) in [6.07, 6.45) is 1.79. The predicted molar refractivity (Wildman–Crippen MR) is 61.3 cm³/mol. The molecule has 0 aromatic heterocycles. The van der Waals surface area contributed by atoms with Crippen LogP contribution in [0.1, 0.15) is 11.1 Å². The lowest BCUT2D eigenvalue weighted by Gasteiger charge is -2.04. The Labute approximate surface area is 93.6 Å². The number of amides is 1. The Balaban J connectivity index is 2.73. The summed E-state index contributed by atoms with van der Waals surface area (Å²) < 4.78 is 0. The third-order valence-electron chi connectivity index (χ3n) is 1.87. The van der Waals surface area contributed by atoms with Crippen molar-refractivity contribution in [2.24, 2.45) is 0 Å². The van der Waals surface area contributed by atoms with Crippen molar-refractivity contribution >= 4 is 17.6 Å². The second-order valence-electron chi connectivity index (χ2n) is 3.54. The fourth-order valence-electron chi connectivity index (χ4n) is 1.38. The average molecular weight is 219 g/mol. The summed E-state index contributed by atoms with van der Waals surface area (Å²) >= 11 is 0. The van der Waals surface area contributed by atoms with Crippen LogP contribution in [-0.4, -0.2) is 17.0 Å². The van der Waals surface area contributed by atoms with Gasteiger partial charge in [0.1, 0.15) is 0 Å². The van der Waals surface area contributed by atoms with E-state index in [-0.39, 0.29) is 0 Å². The zero-order valence-corrected chi connectivity index (χ0v) is 9.15. The number of nitrogens with one attached hydrogen (secondary N) is 1. The van der Waals surface area contributed by atoms with Gasteiger partial charge in [-0.15, -0.1) is 0 Å². The van der Waals surface area contributed by atoms with Crippen molar-refractivity contribution in [3.05, 3.63) is 41.5 Å². The van der Waals surface area contributed by atoms with Gasteiger partial charge >= 0.3 is 5.97 Å². The van der Waals surface area contributed by atoms with Crippen molar-refractivity contribution in [2.45, 2.75) is 13.8 Å². The van der Waals surface area contributed by atoms with Gasteiger partial charge in [-0.05, 0) is 37.1 Å². The summed E-state index contributed by atoms with van der Waals surface area (Å²) in [6.45, 7) is 3.85. The average Bonchev–Trinajstić information content (AvgIpc) is 2.12. The van der Waals surface area contributed by atoms with Crippen LogP contribution < -0.4 is 5.32 Å². The van der Waals surface area contributed by atoms with E-state index in [2.05, 4.69) is 5.32 Å². The van der Waals surface area contributed by atoms with E-state index in [0.29, 0.717) is 5.69 Å². The van der Waals surface area contributed by atoms with Crippen LogP contribution in [0.5, 0.6) is 0 Å². The topological polar surface area (TPSA) is 66.4 Å². The van der Waals surface area contributed by atoms with Crippen molar-refractivity contribution in [2.75, 3.05) is 5.32 Å². The van der Waals surface area contributed by atoms with Gasteiger partial charge in [0.15, 0.2) is 0 Å². The standard InChI is InChI=1S/C12H13NO3/c1-8-5-9(2)7-10(6-8)13-11(14)3-4-12(15)16/h3-7H,1-2H3,(H,13,14)(H,15,16)/b4-3-. The van der Waals surface area contributed by atoms with Gasteiger partial charge in [0.2, 0.25) is 5.91 Å². The van der Waals surface area contributed by atoms with Crippen LogP contribution in [0.15, 0.2) is 30.4 Å². The van der Waals surface area contributed by atoms with Crippen LogP contribution >= 0.6 is 0 Å². The van der Waals surface area contributed by atoms with E-state index in [4.69, 9.17) is 5.11 Å². The normalized spacial score (nSPS) is 10.4. The van der Waals surface area contributed by atoms with E-state index in [9.17, 15) is 9.59 Å². The summed E-state index contributed by atoms with van der Waals surface area (Å²) in [5, 5.41) is 10.9. The Morgan fingerprint density at radius 2 is 1.69 bits per heavy atom. The van der Waals surface area contributed by atoms with Gasteiger partial charge in [-0.2, -0.15) is 0 Å². The first-order chi connectivity index (χ1) is 7.47. The van der Waals surface area contributed by atoms with Gasteiger partial charge in [-0.1, -0.05) is 6.07 Å². The Kier molecular flexibility index (Phi) is 3.83. The third kappa shape index (κ3) is 3.96. The number of aryl methyl sites for hydroxylation is 2. The van der Waals surface area contributed by atoms with Crippen molar-refractivity contribution in [1.82, 2.24) is 0 Å². The first kappa shape index (κ1) is 12.0. The van der Waals surface area contributed by atoms with Gasteiger partial charge in [-0.3, -0.25) is 4.79 Å². The minimum absolute atomic E-state index is 0.451. The van der Waals surface area contributed by atoms with Gasteiger partial charge in [0.25, 0.3) is 0 Å². The zero-order chi connectivity index (χ0) is 12.1. The zero-order valence-electron chi connectivity index (χ0n) is 9.15. The van der Waals surface area contributed by atoms with Crippen molar-refractivity contribution < 1.29 is 14.7 Å². The van der Waals surface area contributed by atoms with Crippen molar-refractivity contribution in [3.63, 3.8) is 0 Å². The van der Waals surface area contributed by atoms with Gasteiger partial charge in [0.05, 0.1) is 0 Å². The smallest absolute Gasteiger partial charge is 0.328 e. The number of hydrogen-bond donors (Lipinski definition) is 2. The molecule has 1 amide bonds. The molecular weight excluding hydrogens is 206 g/mol. The summed E-state index contributed by atoms with van der Waals surface area (Å²) in [7, 11) is 0. The Morgan fingerprint density at radius 1 is 1.12 bits per heavy atom. The van der Waals surface area contributed by atoms with Crippen LogP contribution in [0, 0.1) is 13.8 Å². The molecule has 0 saturated heterocycles. The fraction of sp³-hybridized carbons (Fsp3) is 0.167. The lowest BCUT2D eigenvalue weighted by atomic mass is 10.1. The molecule has 0 atom stereocenters. The van der Waals surface area contributed by atoms with E-state index in [1.807, 2.05) is 32.0 Å². The number of carbonyl (C=O) groups is 2. The predicted octanol–water partition coefficient (Wildman–Crippen LogP) is 1.88. The number of anilines is 1. The molecule has 2 N–H and O–H groups in total. The summed E-state index contributed by atoms with van der Waals surface area (Å²) in [5.74, 6) is -1.59. The highest BCUT2D eigenvalue weighted by molar-refractivity contribution is 6.02. The summed E-state index contributed by atoms with van der Waals surface area (Å²) in [4.78, 5) is 21.5. The van der Waals surface area contributed by atoms with E-state index < -0.39 is 11.9 Å². The molecule has 1 aromatic rings. The Hall–Kier alpha value is -2.10. The van der Waals surface area contributed by atoms with Gasteiger partial charge in [0, 0.05) is 17.8 Å². The lowest BCUT2D eigenvalue weighted by molar-refractivity contribution is -0.131. The number of rotatable bonds is 3. The highest BCUT2D eigenvalue weighted by atomic mass is 16.4. The highest BCUT2D eigenvalue weighted by Gasteiger charge is 2.00. The number of carbonyl (C=O) groups excluding carboxylic acids is 1. The Bertz CT molecular complexity index is 429. The van der Waals surface area contributed by atoms with E-state index in [1.54, 1.807) is 0 Å². The summed E-state index contributed by atoms with van der Waals surface area (Å²) in [5.41, 5.74) is 2.74. The molecule has 0 aliphatic heterocycles. The molecule has 0 fully saturated rings. The maximum atomic E-state index is 11.3. The minimum Gasteiger partial charge on any atom is -0.478 e. The maximum absolute atomic E-state index is 11.3. The van der Waals surface area contributed by atoms with Crippen LogP contribution in [0.3, 0.4) is 0 Å². The first-order valence-electron chi connectivity index (χ1n) is 4.77. The van der Waals surface area contributed by atoms with Crippen LogP contribution in [0.2, 0.25) is 0 Å². The van der Waals surface area contributed by atoms with E-state index >= 15 is 0 Å². The molecule has 0 aliphatic rings. The van der Waals surface area contributed by atoms with Gasteiger partial charge < -0.3 is 10.4 Å². The Morgan fingerprint density at radius 3 is 2.19 bits per heavy atom. The molecule has 0 spiro atoms. The molecule has 16 heavy (non-hydrogen) atoms. The molecule has 4 nitrogen and oxygen atoms in total. The molecule has 0 aliphatic carbocycles. The lowest BCUT2D eigenvalue weighted by Crippen LogP contribution is -2.08. The number of benzene rings is 1. The molecule has 0 saturated carbocycles. The highest BCUT2D eigenvalue weighted by Crippen LogP contribution is 2.13. The van der Waals surface area contributed by atoms with Gasteiger partial charge in [-0.25, -0.2) is 4.79 Å². The summed E-state index contributed by atoms with van der Waals surface area (Å²) in [6, 6.07) is 5.63. The van der Waals surface area contributed by atoms with Crippen molar-refractivity contribution in [3.8, 4) is 0 Å². The quantitative estimate of drug-likeness (QED) is 0.763. The first-order valence-corrected chi connectivity index (χ1v) is 4.77. The van der Waals surface area contributed by atoms with Crippen LogP contribution in [0.4, 0.5) is 5.69 Å². The van der Waals surface area contributed by atoms with E-state index in [1.165, 1.54) is 0 Å². The molecule has 0 unspecified atom stereocenters. The molecule has 84 valence electrons. The SMILES string of the molecule is Cc1cc(C)cc(NC(=O)/C=C\C(=O)O)c1. The van der Waals surface area contributed by atoms with Crippen molar-refractivity contribution in [1.29, 1.82) is 0 Å². The molecule has 4 heteroatoms. The fourth-order valence-corrected chi connectivity index (χ4v) is 1.38. The van der Waals surface area contributed by atoms with Crippen LogP contribution in [0.25, 0.3) is 0 Å². The second-order valence-corrected chi connectivity index (χ2v) is 3.54. The number of carboxylic acids is 1. The molecule has 0 heterocycles. The maximum Gasteiger partial charge on any atom is 0.328 e. The largest absolute Gasteiger partial charge is 0.478 e. The number of aliphatic carboxylic acids is 1. The monoisotopic (exact) mass is 219 g/mol. The molecule has 1 aromatic carbocycles. The minimum atomic E-state index is -1.14. The third-order valence-corrected chi connectivity index (χ3v) is 1.87. The molecule has 0 radical (unpaired) electrons.